The van der Waals surface area contributed by atoms with E-state index in [1.807, 2.05) is 30.3 Å². The monoisotopic (exact) mass is 383 g/mol. The van der Waals surface area contributed by atoms with Gasteiger partial charge in [0.25, 0.3) is 0 Å². The van der Waals surface area contributed by atoms with Gasteiger partial charge >= 0.3 is 0 Å². The smallest absolute Gasteiger partial charge is 0.225 e. The highest BCUT2D eigenvalue weighted by Gasteiger charge is 2.30. The molecule has 1 N–H and O–H groups in total. The summed E-state index contributed by atoms with van der Waals surface area (Å²) in [5.74, 6) is 0.218. The van der Waals surface area contributed by atoms with Crippen LogP contribution < -0.4 is 5.32 Å². The third-order valence-electron chi connectivity index (χ3n) is 4.15. The van der Waals surface area contributed by atoms with E-state index in [4.69, 9.17) is 0 Å². The van der Waals surface area contributed by atoms with E-state index in [0.717, 1.165) is 21.3 Å². The Balaban J connectivity index is 1.81. The largest absolute Gasteiger partial charge is 0.325 e. The van der Waals surface area contributed by atoms with Crippen molar-refractivity contribution in [2.75, 3.05) is 5.32 Å². The maximum absolute atomic E-state index is 12.2. The van der Waals surface area contributed by atoms with Crippen molar-refractivity contribution in [3.05, 3.63) is 74.9 Å². The van der Waals surface area contributed by atoms with Gasteiger partial charge < -0.3 is 5.32 Å². The fourth-order valence-corrected chi connectivity index (χ4v) is 4.45. The zero-order chi connectivity index (χ0) is 15.8. The quantitative estimate of drug-likeness (QED) is 0.608. The molecular formula is C19H14BrNOS. The predicted molar refractivity (Wildman–Crippen MR) is 99.0 cm³/mol. The number of rotatable bonds is 2. The third-order valence-corrected chi connectivity index (χ3v) is 5.77. The first kappa shape index (κ1) is 14.7. The molecule has 3 aromatic rings. The van der Waals surface area contributed by atoms with Gasteiger partial charge in [0.15, 0.2) is 0 Å². The van der Waals surface area contributed by atoms with Gasteiger partial charge in [0, 0.05) is 32.6 Å². The highest BCUT2D eigenvalue weighted by molar-refractivity contribution is 9.10. The zero-order valence-corrected chi connectivity index (χ0v) is 14.7. The summed E-state index contributed by atoms with van der Waals surface area (Å²) in [4.78, 5) is 13.5. The van der Waals surface area contributed by atoms with Gasteiger partial charge in [-0.15, -0.1) is 11.3 Å². The second-order valence-electron chi connectivity index (χ2n) is 5.61. The fourth-order valence-electron chi connectivity index (χ4n) is 3.02. The predicted octanol–water partition coefficient (Wildman–Crippen LogP) is 5.65. The molecule has 0 saturated heterocycles. The lowest BCUT2D eigenvalue weighted by molar-refractivity contribution is -0.116. The van der Waals surface area contributed by atoms with E-state index in [-0.39, 0.29) is 11.8 Å². The molecule has 2 aromatic carbocycles. The zero-order valence-electron chi connectivity index (χ0n) is 12.3. The van der Waals surface area contributed by atoms with Crippen LogP contribution in [0.2, 0.25) is 0 Å². The van der Waals surface area contributed by atoms with Crippen LogP contribution in [0.4, 0.5) is 5.69 Å². The molecule has 0 unspecified atom stereocenters. The van der Waals surface area contributed by atoms with Crippen LogP contribution in [0.1, 0.15) is 22.8 Å². The number of hydrogen-bond donors (Lipinski definition) is 1. The number of nitrogens with one attached hydrogen (secondary N) is 1. The standard InChI is InChI=1S/C19H14BrNOS/c20-14-8-6-13(7-9-14)15-10-17(22)21-18-16(11-23-19(15)18)12-4-2-1-3-5-12/h1-9,11,15H,10H2,(H,21,22)/t15-/m0/s1. The van der Waals surface area contributed by atoms with Crippen molar-refractivity contribution in [1.29, 1.82) is 0 Å². The lowest BCUT2D eigenvalue weighted by atomic mass is 9.89. The Morgan fingerprint density at radius 1 is 1.04 bits per heavy atom. The summed E-state index contributed by atoms with van der Waals surface area (Å²) in [6.45, 7) is 0. The number of carbonyl (C=O) groups is 1. The summed E-state index contributed by atoms with van der Waals surface area (Å²) >= 11 is 5.20. The van der Waals surface area contributed by atoms with E-state index in [0.29, 0.717) is 6.42 Å². The number of fused-ring (bicyclic) bond motifs is 1. The van der Waals surface area contributed by atoms with Crippen LogP contribution in [0, 0.1) is 0 Å². The molecule has 4 rings (SSSR count). The Hall–Kier alpha value is -1.91. The number of halogens is 1. The molecule has 114 valence electrons. The van der Waals surface area contributed by atoms with Crippen LogP contribution in [0.5, 0.6) is 0 Å². The Morgan fingerprint density at radius 2 is 1.78 bits per heavy atom. The van der Waals surface area contributed by atoms with E-state index in [1.165, 1.54) is 10.4 Å². The van der Waals surface area contributed by atoms with Crippen molar-refractivity contribution >= 4 is 38.9 Å². The van der Waals surface area contributed by atoms with Crippen molar-refractivity contribution in [2.45, 2.75) is 12.3 Å². The summed E-state index contributed by atoms with van der Waals surface area (Å²) in [6.07, 6.45) is 0.503. The van der Waals surface area contributed by atoms with Crippen molar-refractivity contribution in [2.24, 2.45) is 0 Å². The number of carbonyl (C=O) groups excluding carboxylic acids is 1. The highest BCUT2D eigenvalue weighted by Crippen LogP contribution is 2.46. The summed E-state index contributed by atoms with van der Waals surface area (Å²) in [6, 6.07) is 18.5. The SMILES string of the molecule is O=C1C[C@@H](c2ccc(Br)cc2)c2scc(-c3ccccc3)c2N1. The first-order valence-corrected chi connectivity index (χ1v) is 9.12. The van der Waals surface area contributed by atoms with Crippen LogP contribution in [-0.2, 0) is 4.79 Å². The molecule has 1 aliphatic heterocycles. The average Bonchev–Trinajstić information content (AvgIpc) is 2.99. The third kappa shape index (κ3) is 2.73. The molecule has 0 radical (unpaired) electrons. The maximum atomic E-state index is 12.2. The Bertz CT molecular complexity index is 855. The lowest BCUT2D eigenvalue weighted by Gasteiger charge is -2.24. The van der Waals surface area contributed by atoms with Gasteiger partial charge in [-0.2, -0.15) is 0 Å². The Kier molecular flexibility index (Phi) is 3.79. The molecule has 23 heavy (non-hydrogen) atoms. The van der Waals surface area contributed by atoms with Gasteiger partial charge in [0.1, 0.15) is 0 Å². The summed E-state index contributed by atoms with van der Waals surface area (Å²) in [7, 11) is 0. The van der Waals surface area contributed by atoms with Gasteiger partial charge in [0.2, 0.25) is 5.91 Å². The molecule has 1 amide bonds. The van der Waals surface area contributed by atoms with Crippen LogP contribution >= 0.6 is 27.3 Å². The van der Waals surface area contributed by atoms with Crippen LogP contribution in [0.25, 0.3) is 11.1 Å². The fraction of sp³-hybridized carbons (Fsp3) is 0.105. The molecule has 2 nitrogen and oxygen atoms in total. The first-order chi connectivity index (χ1) is 11.2. The van der Waals surface area contributed by atoms with Gasteiger partial charge in [-0.1, -0.05) is 58.4 Å². The minimum atomic E-state index is 0.0843. The summed E-state index contributed by atoms with van der Waals surface area (Å²) in [5, 5.41) is 5.23. The molecule has 2 heterocycles. The summed E-state index contributed by atoms with van der Waals surface area (Å²) in [5.41, 5.74) is 4.42. The van der Waals surface area contributed by atoms with Crippen molar-refractivity contribution < 1.29 is 4.79 Å². The second-order valence-corrected chi connectivity index (χ2v) is 7.44. The van der Waals surface area contributed by atoms with Crippen LogP contribution in [0.15, 0.2) is 64.5 Å². The number of amides is 1. The van der Waals surface area contributed by atoms with Gasteiger partial charge in [0.05, 0.1) is 5.69 Å². The molecule has 0 spiro atoms. The van der Waals surface area contributed by atoms with Crippen LogP contribution in [0.3, 0.4) is 0 Å². The maximum Gasteiger partial charge on any atom is 0.225 e. The molecule has 1 aromatic heterocycles. The molecule has 1 atom stereocenters. The van der Waals surface area contributed by atoms with Crippen molar-refractivity contribution in [3.8, 4) is 11.1 Å². The normalized spacial score (nSPS) is 16.7. The van der Waals surface area contributed by atoms with Crippen molar-refractivity contribution in [3.63, 3.8) is 0 Å². The lowest BCUT2D eigenvalue weighted by Crippen LogP contribution is -2.22. The molecule has 0 saturated carbocycles. The average molecular weight is 384 g/mol. The number of benzene rings is 2. The van der Waals surface area contributed by atoms with E-state index in [9.17, 15) is 4.79 Å². The highest BCUT2D eigenvalue weighted by atomic mass is 79.9. The van der Waals surface area contributed by atoms with Gasteiger partial charge in [-0.05, 0) is 23.3 Å². The Labute approximate surface area is 147 Å². The number of anilines is 1. The van der Waals surface area contributed by atoms with Crippen molar-refractivity contribution in [1.82, 2.24) is 0 Å². The molecule has 0 aliphatic carbocycles. The minimum Gasteiger partial charge on any atom is -0.325 e. The van der Waals surface area contributed by atoms with E-state index >= 15 is 0 Å². The molecule has 0 fully saturated rings. The molecular weight excluding hydrogens is 370 g/mol. The number of hydrogen-bond acceptors (Lipinski definition) is 2. The van der Waals surface area contributed by atoms with E-state index in [2.05, 4.69) is 50.9 Å². The Morgan fingerprint density at radius 3 is 2.52 bits per heavy atom. The molecule has 1 aliphatic rings. The van der Waals surface area contributed by atoms with Gasteiger partial charge in [-0.25, -0.2) is 0 Å². The van der Waals surface area contributed by atoms with Crippen LogP contribution in [-0.4, -0.2) is 5.91 Å². The van der Waals surface area contributed by atoms with E-state index < -0.39 is 0 Å². The number of thiophene rings is 1. The van der Waals surface area contributed by atoms with E-state index in [1.54, 1.807) is 11.3 Å². The molecule has 0 bridgehead atoms. The molecule has 4 heteroatoms. The second kappa shape index (κ2) is 5.95. The topological polar surface area (TPSA) is 29.1 Å². The van der Waals surface area contributed by atoms with Gasteiger partial charge in [-0.3, -0.25) is 4.79 Å². The summed E-state index contributed by atoms with van der Waals surface area (Å²) < 4.78 is 1.05. The minimum absolute atomic E-state index is 0.0843. The first-order valence-electron chi connectivity index (χ1n) is 7.44.